The molecule has 0 amide bonds. The van der Waals surface area contributed by atoms with Crippen LogP contribution in [-0.2, 0) is 6.54 Å². The SMILES string of the molecule is Cl.OC1CCC(n2cc(-c3cccc(CN4CCNCC4)c3)c3cnc(NCCC(F)(F)F)nc32)CC1. The van der Waals surface area contributed by atoms with Crippen LogP contribution in [-0.4, -0.2) is 69.5 Å². The topological polar surface area (TPSA) is 78.2 Å². The quantitative estimate of drug-likeness (QED) is 0.402. The Hall–Kier alpha value is -2.40. The van der Waals surface area contributed by atoms with E-state index < -0.39 is 12.6 Å². The van der Waals surface area contributed by atoms with Gasteiger partial charge in [-0.1, -0.05) is 18.2 Å². The molecule has 0 atom stereocenters. The van der Waals surface area contributed by atoms with E-state index in [-0.39, 0.29) is 37.0 Å². The zero-order valence-electron chi connectivity index (χ0n) is 20.7. The Morgan fingerprint density at radius 2 is 1.86 bits per heavy atom. The maximum Gasteiger partial charge on any atom is 0.390 e. The van der Waals surface area contributed by atoms with Crippen molar-refractivity contribution in [2.45, 2.75) is 57.0 Å². The van der Waals surface area contributed by atoms with Crippen molar-refractivity contribution in [1.29, 1.82) is 0 Å². The number of aliphatic hydroxyl groups excluding tert-OH is 1. The fourth-order valence-electron chi connectivity index (χ4n) is 5.24. The number of hydrogen-bond acceptors (Lipinski definition) is 6. The summed E-state index contributed by atoms with van der Waals surface area (Å²) in [6.07, 6.45) is 1.46. The first-order valence-electron chi connectivity index (χ1n) is 12.7. The third kappa shape index (κ3) is 6.93. The third-order valence-electron chi connectivity index (χ3n) is 7.18. The normalized spacial score (nSPS) is 21.1. The molecule has 0 unspecified atom stereocenters. The van der Waals surface area contributed by atoms with Gasteiger partial charge in [-0.2, -0.15) is 18.2 Å². The van der Waals surface area contributed by atoms with Crippen LogP contribution in [0.4, 0.5) is 19.1 Å². The van der Waals surface area contributed by atoms with Gasteiger partial charge in [0, 0.05) is 68.7 Å². The zero-order valence-corrected chi connectivity index (χ0v) is 21.5. The standard InChI is InChI=1S/C26H33F3N6O.ClH/c27-26(28,29)8-9-31-25-32-15-22-23(17-35(24(22)33-25)20-4-6-21(36)7-5-20)19-3-1-2-18(14-19)16-34-12-10-30-11-13-34;/h1-3,14-15,17,20-21,30,36H,4-13,16H2,(H,31,32,33);1H. The molecule has 3 aromatic rings. The predicted octanol–water partition coefficient (Wildman–Crippen LogP) is 4.77. The van der Waals surface area contributed by atoms with Crippen LogP contribution in [0.25, 0.3) is 22.2 Å². The Kier molecular flexibility index (Phi) is 8.94. The second kappa shape index (κ2) is 12.0. The number of aromatic nitrogens is 3. The van der Waals surface area contributed by atoms with Crippen molar-refractivity contribution < 1.29 is 18.3 Å². The van der Waals surface area contributed by atoms with Crippen molar-refractivity contribution in [3.05, 3.63) is 42.2 Å². The first kappa shape index (κ1) is 27.6. The summed E-state index contributed by atoms with van der Waals surface area (Å²) in [5.41, 5.74) is 4.04. The molecule has 2 aromatic heterocycles. The van der Waals surface area contributed by atoms with Gasteiger partial charge in [-0.05, 0) is 42.9 Å². The monoisotopic (exact) mass is 538 g/mol. The molecule has 11 heteroatoms. The van der Waals surface area contributed by atoms with Crippen LogP contribution in [0.1, 0.15) is 43.7 Å². The lowest BCUT2D eigenvalue weighted by atomic mass is 9.93. The molecule has 3 heterocycles. The Morgan fingerprint density at radius 1 is 1.11 bits per heavy atom. The molecule has 1 aliphatic heterocycles. The minimum Gasteiger partial charge on any atom is -0.393 e. The van der Waals surface area contributed by atoms with Crippen molar-refractivity contribution in [2.24, 2.45) is 0 Å². The third-order valence-corrected chi connectivity index (χ3v) is 7.18. The van der Waals surface area contributed by atoms with Gasteiger partial charge >= 0.3 is 6.18 Å². The van der Waals surface area contributed by atoms with Gasteiger partial charge in [-0.3, -0.25) is 4.90 Å². The number of halogens is 4. The van der Waals surface area contributed by atoms with E-state index in [0.717, 1.165) is 74.9 Å². The molecule has 1 saturated carbocycles. The van der Waals surface area contributed by atoms with E-state index in [1.54, 1.807) is 6.20 Å². The van der Waals surface area contributed by atoms with Crippen LogP contribution in [0.15, 0.2) is 36.7 Å². The number of anilines is 1. The highest BCUT2D eigenvalue weighted by atomic mass is 35.5. The van der Waals surface area contributed by atoms with Gasteiger partial charge in [0.2, 0.25) is 5.95 Å². The Labute approximate surface area is 220 Å². The Balaban J connectivity index is 0.00000320. The van der Waals surface area contributed by atoms with Crippen LogP contribution in [0.2, 0.25) is 0 Å². The van der Waals surface area contributed by atoms with Crippen LogP contribution < -0.4 is 10.6 Å². The number of fused-ring (bicyclic) bond motifs is 1. The second-order valence-electron chi connectivity index (χ2n) is 9.86. The van der Waals surface area contributed by atoms with Crippen molar-refractivity contribution in [3.8, 4) is 11.1 Å². The van der Waals surface area contributed by atoms with Crippen LogP contribution >= 0.6 is 12.4 Å². The molecular formula is C26H34ClF3N6O. The van der Waals surface area contributed by atoms with E-state index in [0.29, 0.717) is 5.65 Å². The van der Waals surface area contributed by atoms with E-state index in [9.17, 15) is 18.3 Å². The molecular weight excluding hydrogens is 505 g/mol. The molecule has 0 bridgehead atoms. The van der Waals surface area contributed by atoms with Gasteiger partial charge in [0.1, 0.15) is 5.65 Å². The average Bonchev–Trinajstić information content (AvgIpc) is 3.23. The molecule has 37 heavy (non-hydrogen) atoms. The van der Waals surface area contributed by atoms with Gasteiger partial charge in [0.15, 0.2) is 0 Å². The molecule has 2 aliphatic rings. The minimum absolute atomic E-state index is 0. The fourth-order valence-corrected chi connectivity index (χ4v) is 5.24. The molecule has 0 spiro atoms. The zero-order chi connectivity index (χ0) is 25.1. The van der Waals surface area contributed by atoms with Gasteiger partial charge in [-0.15, -0.1) is 12.4 Å². The molecule has 202 valence electrons. The highest BCUT2D eigenvalue weighted by Crippen LogP contribution is 2.37. The van der Waals surface area contributed by atoms with Gasteiger partial charge < -0.3 is 20.3 Å². The summed E-state index contributed by atoms with van der Waals surface area (Å²) >= 11 is 0. The maximum absolute atomic E-state index is 12.6. The summed E-state index contributed by atoms with van der Waals surface area (Å²) in [4.78, 5) is 11.4. The lowest BCUT2D eigenvalue weighted by Crippen LogP contribution is -2.42. The van der Waals surface area contributed by atoms with Gasteiger partial charge in [0.05, 0.1) is 12.5 Å². The summed E-state index contributed by atoms with van der Waals surface area (Å²) in [6, 6.07) is 8.68. The van der Waals surface area contributed by atoms with Gasteiger partial charge in [0.25, 0.3) is 0 Å². The summed E-state index contributed by atoms with van der Waals surface area (Å²) < 4.78 is 40.0. The molecule has 1 aliphatic carbocycles. The number of alkyl halides is 3. The molecule has 3 N–H and O–H groups in total. The average molecular weight is 539 g/mol. The number of rotatable bonds is 7. The van der Waals surface area contributed by atoms with Crippen LogP contribution in [0.3, 0.4) is 0 Å². The smallest absolute Gasteiger partial charge is 0.390 e. The van der Waals surface area contributed by atoms with E-state index in [4.69, 9.17) is 0 Å². The highest BCUT2D eigenvalue weighted by Gasteiger charge is 2.27. The van der Waals surface area contributed by atoms with E-state index in [2.05, 4.69) is 60.5 Å². The summed E-state index contributed by atoms with van der Waals surface area (Å²) in [7, 11) is 0. The predicted molar refractivity (Wildman–Crippen MR) is 141 cm³/mol. The summed E-state index contributed by atoms with van der Waals surface area (Å²) in [5.74, 6) is 0.195. The second-order valence-corrected chi connectivity index (χ2v) is 9.86. The first-order valence-corrected chi connectivity index (χ1v) is 12.7. The van der Waals surface area contributed by atoms with Crippen LogP contribution in [0, 0.1) is 0 Å². The number of nitrogens with zero attached hydrogens (tertiary/aromatic N) is 4. The fraction of sp³-hybridized carbons (Fsp3) is 0.538. The van der Waals surface area contributed by atoms with Crippen LogP contribution in [0.5, 0.6) is 0 Å². The Morgan fingerprint density at radius 3 is 2.59 bits per heavy atom. The maximum atomic E-state index is 12.6. The van der Waals surface area contributed by atoms with Gasteiger partial charge in [-0.25, -0.2) is 4.98 Å². The lowest BCUT2D eigenvalue weighted by Gasteiger charge is -2.27. The van der Waals surface area contributed by atoms with E-state index in [1.165, 1.54) is 5.56 Å². The molecule has 5 rings (SSSR count). The van der Waals surface area contributed by atoms with Crippen molar-refractivity contribution in [3.63, 3.8) is 0 Å². The Bertz CT molecular complexity index is 1170. The van der Waals surface area contributed by atoms with E-state index >= 15 is 0 Å². The number of hydrogen-bond donors (Lipinski definition) is 3. The first-order chi connectivity index (χ1) is 17.4. The lowest BCUT2D eigenvalue weighted by molar-refractivity contribution is -0.131. The largest absolute Gasteiger partial charge is 0.393 e. The highest BCUT2D eigenvalue weighted by molar-refractivity contribution is 5.94. The molecule has 1 aromatic carbocycles. The molecule has 0 radical (unpaired) electrons. The van der Waals surface area contributed by atoms with E-state index in [1.807, 2.05) is 0 Å². The van der Waals surface area contributed by atoms with Crippen molar-refractivity contribution in [2.75, 3.05) is 38.0 Å². The molecule has 2 fully saturated rings. The van der Waals surface area contributed by atoms with Crippen molar-refractivity contribution in [1.82, 2.24) is 24.8 Å². The number of nitrogens with one attached hydrogen (secondary N) is 2. The minimum atomic E-state index is -4.23. The molecule has 7 nitrogen and oxygen atoms in total. The number of aliphatic hydroxyl groups is 1. The summed E-state index contributed by atoms with van der Waals surface area (Å²) in [6.45, 7) is 4.66. The number of piperazine rings is 1. The molecule has 1 saturated heterocycles. The van der Waals surface area contributed by atoms with Crippen molar-refractivity contribution >= 4 is 29.4 Å². The summed E-state index contributed by atoms with van der Waals surface area (Å²) in [5, 5.41) is 17.0. The number of benzene rings is 1.